The first-order valence-corrected chi connectivity index (χ1v) is 6.01. The molecule has 17 heavy (non-hydrogen) atoms. The summed E-state index contributed by atoms with van der Waals surface area (Å²) < 4.78 is 12.3. The standard InChI is InChI=1S/C13H20ClFN2/c1-5-12(6-8-15)10(2)13(16-4)7-9-17-11(3)14/h6-7,9-10,13H,4-5,8H2,1-3H3/b9-7+,12-6+,17-11+/t10-,13+/m1/s1. The molecule has 0 radical (unpaired) electrons. The molecule has 4 heteroatoms. The molecule has 2 atom stereocenters. The van der Waals surface area contributed by atoms with Gasteiger partial charge in [-0.1, -0.05) is 37.1 Å². The average Bonchev–Trinajstić information content (AvgIpc) is 2.30. The van der Waals surface area contributed by atoms with Gasteiger partial charge in [0.15, 0.2) is 0 Å². The molecule has 0 aliphatic rings. The topological polar surface area (TPSA) is 24.7 Å². The van der Waals surface area contributed by atoms with E-state index in [0.29, 0.717) is 5.17 Å². The third-order valence-corrected chi connectivity index (χ3v) is 2.69. The zero-order chi connectivity index (χ0) is 13.3. The Kier molecular flexibility index (Phi) is 8.60. The number of hydrogen-bond donors (Lipinski definition) is 0. The summed E-state index contributed by atoms with van der Waals surface area (Å²) in [6.07, 6.45) is 5.85. The summed E-state index contributed by atoms with van der Waals surface area (Å²) in [5.41, 5.74) is 1.04. The molecule has 0 aromatic carbocycles. The second kappa shape index (κ2) is 9.11. The third kappa shape index (κ3) is 6.37. The molecule has 2 nitrogen and oxygen atoms in total. The predicted molar refractivity (Wildman–Crippen MR) is 75.0 cm³/mol. The lowest BCUT2D eigenvalue weighted by Gasteiger charge is -2.19. The van der Waals surface area contributed by atoms with Crippen molar-refractivity contribution in [3.63, 3.8) is 0 Å². The van der Waals surface area contributed by atoms with Gasteiger partial charge in [-0.25, -0.2) is 9.38 Å². The quantitative estimate of drug-likeness (QED) is 0.484. The molecule has 0 amide bonds. The lowest BCUT2D eigenvalue weighted by molar-refractivity contribution is 0.538. The second-order valence-corrected chi connectivity index (χ2v) is 4.26. The van der Waals surface area contributed by atoms with Gasteiger partial charge >= 0.3 is 0 Å². The van der Waals surface area contributed by atoms with Crippen LogP contribution in [0, 0.1) is 5.92 Å². The van der Waals surface area contributed by atoms with Crippen LogP contribution in [-0.4, -0.2) is 24.6 Å². The van der Waals surface area contributed by atoms with Crippen molar-refractivity contribution in [2.75, 3.05) is 6.67 Å². The normalized spacial score (nSPS) is 17.2. The molecule has 96 valence electrons. The van der Waals surface area contributed by atoms with Gasteiger partial charge in [-0.3, -0.25) is 4.99 Å². The molecule has 0 rings (SSSR count). The minimum absolute atomic E-state index is 0.104. The van der Waals surface area contributed by atoms with Gasteiger partial charge in [0, 0.05) is 12.1 Å². The van der Waals surface area contributed by atoms with Crippen LogP contribution in [0.25, 0.3) is 0 Å². The number of alkyl halides is 1. The zero-order valence-electron chi connectivity index (χ0n) is 10.7. The first-order valence-electron chi connectivity index (χ1n) is 5.64. The van der Waals surface area contributed by atoms with Crippen LogP contribution in [-0.2, 0) is 0 Å². The summed E-state index contributed by atoms with van der Waals surface area (Å²) in [5, 5.41) is 0.465. The van der Waals surface area contributed by atoms with E-state index < -0.39 is 6.67 Å². The van der Waals surface area contributed by atoms with Crippen LogP contribution in [0.4, 0.5) is 4.39 Å². The average molecular weight is 259 g/mol. The summed E-state index contributed by atoms with van der Waals surface area (Å²) in [7, 11) is 0. The van der Waals surface area contributed by atoms with E-state index in [-0.39, 0.29) is 12.0 Å². The van der Waals surface area contributed by atoms with Gasteiger partial charge in [0.05, 0.1) is 6.04 Å². The molecular formula is C13H20ClFN2. The zero-order valence-corrected chi connectivity index (χ0v) is 11.4. The Hall–Kier alpha value is -0.960. The van der Waals surface area contributed by atoms with Gasteiger partial charge in [-0.2, -0.15) is 0 Å². The fourth-order valence-electron chi connectivity index (χ4n) is 1.59. The van der Waals surface area contributed by atoms with Crippen LogP contribution < -0.4 is 0 Å². The molecule has 0 saturated heterocycles. The van der Waals surface area contributed by atoms with E-state index in [1.807, 2.05) is 19.9 Å². The molecule has 0 spiro atoms. The summed E-state index contributed by atoms with van der Waals surface area (Å²) in [6.45, 7) is 8.82. The van der Waals surface area contributed by atoms with Gasteiger partial charge in [0.25, 0.3) is 0 Å². The van der Waals surface area contributed by atoms with Crippen molar-refractivity contribution in [1.82, 2.24) is 0 Å². The number of allylic oxidation sites excluding steroid dienone is 1. The van der Waals surface area contributed by atoms with Crippen LogP contribution in [0.3, 0.4) is 0 Å². The maximum Gasteiger partial charge on any atom is 0.108 e. The molecule has 0 N–H and O–H groups in total. The lowest BCUT2D eigenvalue weighted by Crippen LogP contribution is -2.15. The van der Waals surface area contributed by atoms with Crippen molar-refractivity contribution in [3.8, 4) is 0 Å². The smallest absolute Gasteiger partial charge is 0.108 e. The minimum Gasteiger partial charge on any atom is -0.293 e. The Morgan fingerprint density at radius 2 is 2.18 bits per heavy atom. The summed E-state index contributed by atoms with van der Waals surface area (Å²) in [5.74, 6) is 0.121. The summed E-state index contributed by atoms with van der Waals surface area (Å²) in [6, 6.07) is -0.104. The van der Waals surface area contributed by atoms with E-state index in [9.17, 15) is 4.39 Å². The largest absolute Gasteiger partial charge is 0.293 e. The van der Waals surface area contributed by atoms with E-state index in [0.717, 1.165) is 12.0 Å². The summed E-state index contributed by atoms with van der Waals surface area (Å²) in [4.78, 5) is 7.97. The van der Waals surface area contributed by atoms with Gasteiger partial charge in [0.2, 0.25) is 0 Å². The van der Waals surface area contributed by atoms with Crippen molar-refractivity contribution in [3.05, 3.63) is 23.9 Å². The Morgan fingerprint density at radius 1 is 1.53 bits per heavy atom. The molecule has 0 aromatic rings. The fourth-order valence-corrected chi connectivity index (χ4v) is 1.65. The molecule has 0 saturated carbocycles. The van der Waals surface area contributed by atoms with E-state index in [2.05, 4.69) is 16.7 Å². The predicted octanol–water partition coefficient (Wildman–Crippen LogP) is 4.17. The Labute approximate surface area is 108 Å². The first kappa shape index (κ1) is 16.0. The lowest BCUT2D eigenvalue weighted by atomic mass is 9.91. The van der Waals surface area contributed by atoms with Gasteiger partial charge in [0.1, 0.15) is 11.8 Å². The molecule has 0 fully saturated rings. The maximum atomic E-state index is 12.3. The molecule has 0 unspecified atom stereocenters. The number of hydrogen-bond acceptors (Lipinski definition) is 2. The highest BCUT2D eigenvalue weighted by atomic mass is 35.5. The second-order valence-electron chi connectivity index (χ2n) is 3.72. The van der Waals surface area contributed by atoms with Crippen LogP contribution in [0.5, 0.6) is 0 Å². The Balaban J connectivity index is 4.76. The van der Waals surface area contributed by atoms with Gasteiger partial charge < -0.3 is 0 Å². The summed E-state index contributed by atoms with van der Waals surface area (Å²) >= 11 is 5.62. The van der Waals surface area contributed by atoms with E-state index in [1.54, 1.807) is 19.2 Å². The number of halogens is 2. The minimum atomic E-state index is -0.444. The van der Waals surface area contributed by atoms with Crippen molar-refractivity contribution in [1.29, 1.82) is 0 Å². The van der Waals surface area contributed by atoms with Crippen LogP contribution >= 0.6 is 11.6 Å². The molecule has 0 aliphatic carbocycles. The monoisotopic (exact) mass is 258 g/mol. The highest BCUT2D eigenvalue weighted by Crippen LogP contribution is 2.21. The van der Waals surface area contributed by atoms with Crippen molar-refractivity contribution >= 4 is 23.5 Å². The van der Waals surface area contributed by atoms with Crippen LogP contribution in [0.2, 0.25) is 0 Å². The maximum absolute atomic E-state index is 12.3. The van der Waals surface area contributed by atoms with Crippen molar-refractivity contribution in [2.24, 2.45) is 15.9 Å². The van der Waals surface area contributed by atoms with E-state index in [4.69, 9.17) is 11.6 Å². The van der Waals surface area contributed by atoms with Crippen molar-refractivity contribution in [2.45, 2.75) is 33.2 Å². The van der Waals surface area contributed by atoms with Gasteiger partial charge in [-0.05, 0) is 26.1 Å². The Morgan fingerprint density at radius 3 is 2.59 bits per heavy atom. The van der Waals surface area contributed by atoms with E-state index in [1.165, 1.54) is 0 Å². The molecule has 0 aliphatic heterocycles. The van der Waals surface area contributed by atoms with Crippen LogP contribution in [0.1, 0.15) is 27.2 Å². The fraction of sp³-hybridized carbons (Fsp3) is 0.538. The number of aliphatic imine (C=N–C) groups is 2. The molecular weight excluding hydrogens is 239 g/mol. The number of rotatable bonds is 7. The van der Waals surface area contributed by atoms with Crippen molar-refractivity contribution < 1.29 is 4.39 Å². The molecule has 0 bridgehead atoms. The third-order valence-electron chi connectivity index (χ3n) is 2.59. The molecule has 0 aromatic heterocycles. The molecule has 0 heterocycles. The van der Waals surface area contributed by atoms with Gasteiger partial charge in [-0.15, -0.1) is 0 Å². The first-order chi connectivity index (χ1) is 8.06. The van der Waals surface area contributed by atoms with Crippen LogP contribution in [0.15, 0.2) is 33.9 Å². The SMILES string of the molecule is C=N[C@@H](/C=C/N=C(\C)Cl)[C@H](C)/C(=C/CF)CC. The number of nitrogens with zero attached hydrogens (tertiary/aromatic N) is 2. The van der Waals surface area contributed by atoms with E-state index >= 15 is 0 Å². The highest BCUT2D eigenvalue weighted by Gasteiger charge is 2.15. The Bertz CT molecular complexity index is 317. The highest BCUT2D eigenvalue weighted by molar-refractivity contribution is 6.64.